The number of aromatic hydroxyl groups is 1. The van der Waals surface area contributed by atoms with Crippen molar-refractivity contribution in [2.24, 2.45) is 0 Å². The number of aromatic nitrogens is 3. The second-order valence-electron chi connectivity index (χ2n) is 9.17. The third kappa shape index (κ3) is 4.75. The van der Waals surface area contributed by atoms with Crippen molar-refractivity contribution in [3.05, 3.63) is 81.8 Å². The summed E-state index contributed by atoms with van der Waals surface area (Å²) in [6.07, 6.45) is 3.43. The van der Waals surface area contributed by atoms with E-state index in [4.69, 9.17) is 0 Å². The zero-order chi connectivity index (χ0) is 27.9. The maximum absolute atomic E-state index is 14.3. The van der Waals surface area contributed by atoms with E-state index in [2.05, 4.69) is 9.97 Å². The predicted molar refractivity (Wildman–Crippen MR) is 132 cm³/mol. The van der Waals surface area contributed by atoms with Crippen LogP contribution in [-0.4, -0.2) is 75.1 Å². The van der Waals surface area contributed by atoms with Crippen molar-refractivity contribution in [1.29, 1.82) is 0 Å². The second-order valence-corrected chi connectivity index (χ2v) is 11.3. The Morgan fingerprint density at radius 2 is 1.74 bits per heavy atom. The van der Waals surface area contributed by atoms with Gasteiger partial charge in [0.2, 0.25) is 5.75 Å². The SMILES string of the molecule is O=C1c2c(O)c(=O)nc(C3CCCN3C(=O)c3c(F)cccc3F)n2CCN1CCS(=O)(=O)c1ccncc1. The molecule has 14 heteroatoms. The molecule has 3 aromatic rings. The van der Waals surface area contributed by atoms with Gasteiger partial charge in [-0.1, -0.05) is 6.07 Å². The van der Waals surface area contributed by atoms with Gasteiger partial charge in [0, 0.05) is 38.6 Å². The van der Waals surface area contributed by atoms with Gasteiger partial charge < -0.3 is 19.5 Å². The molecule has 1 fully saturated rings. The summed E-state index contributed by atoms with van der Waals surface area (Å²) in [6.45, 7) is 0.0160. The minimum absolute atomic E-state index is 0.00723. The first-order valence-electron chi connectivity index (χ1n) is 12.1. The average molecular weight is 560 g/mol. The Bertz CT molecular complexity index is 1610. The van der Waals surface area contributed by atoms with Crippen molar-refractivity contribution in [3.8, 4) is 5.75 Å². The number of amides is 2. The normalized spacial score (nSPS) is 17.4. The highest BCUT2D eigenvalue weighted by atomic mass is 32.2. The molecule has 0 saturated carbocycles. The highest BCUT2D eigenvalue weighted by Crippen LogP contribution is 2.35. The number of nitrogens with zero attached hydrogens (tertiary/aromatic N) is 5. The van der Waals surface area contributed by atoms with Crippen molar-refractivity contribution < 1.29 is 31.9 Å². The minimum Gasteiger partial charge on any atom is -0.501 e. The molecule has 0 radical (unpaired) electrons. The Labute approximate surface area is 221 Å². The fraction of sp³-hybridized carbons (Fsp3) is 0.320. The Morgan fingerprint density at radius 1 is 1.05 bits per heavy atom. The third-order valence-corrected chi connectivity index (χ3v) is 8.61. The summed E-state index contributed by atoms with van der Waals surface area (Å²) in [6, 6.07) is 4.88. The van der Waals surface area contributed by atoms with Gasteiger partial charge in [-0.15, -0.1) is 0 Å². The molecule has 1 aromatic carbocycles. The molecule has 5 rings (SSSR count). The number of hydrogen-bond acceptors (Lipinski definition) is 8. The van der Waals surface area contributed by atoms with Crippen LogP contribution < -0.4 is 5.56 Å². The van der Waals surface area contributed by atoms with Gasteiger partial charge in [0.1, 0.15) is 23.0 Å². The minimum atomic E-state index is -3.73. The molecule has 1 N–H and O–H groups in total. The lowest BCUT2D eigenvalue weighted by Crippen LogP contribution is -2.46. The molecular weight excluding hydrogens is 536 g/mol. The van der Waals surface area contributed by atoms with Crippen LogP contribution >= 0.6 is 0 Å². The van der Waals surface area contributed by atoms with Crippen LogP contribution in [0, 0.1) is 11.6 Å². The van der Waals surface area contributed by atoms with Crippen molar-refractivity contribution in [2.45, 2.75) is 30.3 Å². The molecule has 204 valence electrons. The van der Waals surface area contributed by atoms with Gasteiger partial charge in [-0.2, -0.15) is 4.98 Å². The first kappa shape index (κ1) is 26.4. The van der Waals surface area contributed by atoms with E-state index in [9.17, 15) is 36.7 Å². The number of halogens is 2. The maximum Gasteiger partial charge on any atom is 0.315 e. The number of pyridine rings is 1. The molecule has 0 bridgehead atoms. The topological polar surface area (TPSA) is 143 Å². The first-order valence-corrected chi connectivity index (χ1v) is 13.8. The molecule has 4 heterocycles. The van der Waals surface area contributed by atoms with Crippen molar-refractivity contribution in [3.63, 3.8) is 0 Å². The second kappa shape index (κ2) is 10.2. The molecule has 2 aliphatic heterocycles. The average Bonchev–Trinajstić information content (AvgIpc) is 3.40. The summed E-state index contributed by atoms with van der Waals surface area (Å²) >= 11 is 0. The summed E-state index contributed by atoms with van der Waals surface area (Å²) in [5, 5.41) is 10.5. The Hall–Kier alpha value is -4.20. The number of fused-ring (bicyclic) bond motifs is 1. The predicted octanol–water partition coefficient (Wildman–Crippen LogP) is 1.53. The molecule has 1 atom stereocenters. The zero-order valence-corrected chi connectivity index (χ0v) is 21.3. The molecule has 2 aliphatic rings. The van der Waals surface area contributed by atoms with Crippen LogP contribution in [-0.2, 0) is 16.4 Å². The molecule has 1 saturated heterocycles. The van der Waals surface area contributed by atoms with E-state index in [0.29, 0.717) is 12.8 Å². The number of carbonyl (C=O) groups is 2. The molecule has 1 unspecified atom stereocenters. The van der Waals surface area contributed by atoms with Crippen molar-refractivity contribution in [2.75, 3.05) is 25.4 Å². The molecule has 0 spiro atoms. The van der Waals surface area contributed by atoms with E-state index in [1.807, 2.05) is 0 Å². The van der Waals surface area contributed by atoms with Gasteiger partial charge in [-0.05, 0) is 37.1 Å². The molecule has 0 aliphatic carbocycles. The molecule has 39 heavy (non-hydrogen) atoms. The lowest BCUT2D eigenvalue weighted by Gasteiger charge is -2.33. The van der Waals surface area contributed by atoms with Gasteiger partial charge in [-0.25, -0.2) is 17.2 Å². The van der Waals surface area contributed by atoms with E-state index < -0.39 is 62.0 Å². The summed E-state index contributed by atoms with van der Waals surface area (Å²) in [7, 11) is -3.73. The fourth-order valence-corrected chi connectivity index (χ4v) is 6.19. The zero-order valence-electron chi connectivity index (χ0n) is 20.5. The van der Waals surface area contributed by atoms with Crippen LogP contribution in [0.3, 0.4) is 0 Å². The van der Waals surface area contributed by atoms with E-state index in [1.165, 1.54) is 38.9 Å². The van der Waals surface area contributed by atoms with Gasteiger partial charge in [0.25, 0.3) is 11.8 Å². The Balaban J connectivity index is 1.45. The standard InChI is InChI=1S/C25H23F2N5O6S/c26-16-3-1-4-17(27)19(16)24(35)31-10-2-5-18(31)22-29-23(34)21(33)20-25(36)30(11-12-32(20)22)13-14-39(37,38)15-6-8-28-9-7-15/h1,3-4,6-9,18,33H,2,5,10-14H2. The lowest BCUT2D eigenvalue weighted by atomic mass is 10.1. The van der Waals surface area contributed by atoms with Gasteiger partial charge >= 0.3 is 5.56 Å². The number of likely N-dealkylation sites (tertiary alicyclic amines) is 1. The fourth-order valence-electron chi connectivity index (χ4n) is 4.96. The molecule has 11 nitrogen and oxygen atoms in total. The first-order chi connectivity index (χ1) is 18.6. The lowest BCUT2D eigenvalue weighted by molar-refractivity contribution is 0.0686. The van der Waals surface area contributed by atoms with E-state index in [0.717, 1.165) is 18.2 Å². The van der Waals surface area contributed by atoms with Crippen LogP contribution in [0.1, 0.15) is 45.6 Å². The molecule has 2 amide bonds. The number of benzene rings is 1. The number of hydrogen-bond donors (Lipinski definition) is 1. The Morgan fingerprint density at radius 3 is 2.44 bits per heavy atom. The smallest absolute Gasteiger partial charge is 0.315 e. The third-order valence-electron chi connectivity index (χ3n) is 6.90. The number of sulfone groups is 1. The van der Waals surface area contributed by atoms with E-state index in [-0.39, 0.29) is 42.6 Å². The summed E-state index contributed by atoms with van der Waals surface area (Å²) in [4.78, 5) is 49.3. The van der Waals surface area contributed by atoms with Gasteiger partial charge in [-0.3, -0.25) is 19.4 Å². The van der Waals surface area contributed by atoms with Crippen LogP contribution in [0.15, 0.2) is 52.4 Å². The van der Waals surface area contributed by atoms with Crippen LogP contribution in [0.4, 0.5) is 8.78 Å². The monoisotopic (exact) mass is 559 g/mol. The van der Waals surface area contributed by atoms with Crippen LogP contribution in [0.5, 0.6) is 5.75 Å². The van der Waals surface area contributed by atoms with E-state index >= 15 is 0 Å². The summed E-state index contributed by atoms with van der Waals surface area (Å²) in [5.41, 5.74) is -2.22. The maximum atomic E-state index is 14.3. The Kier molecular flexibility index (Phi) is 6.89. The molecular formula is C25H23F2N5O6S. The summed E-state index contributed by atoms with van der Waals surface area (Å²) < 4.78 is 55.4. The highest BCUT2D eigenvalue weighted by Gasteiger charge is 2.39. The summed E-state index contributed by atoms with van der Waals surface area (Å²) in [5.74, 6) is -5.05. The highest BCUT2D eigenvalue weighted by molar-refractivity contribution is 7.91. The number of rotatable bonds is 6. The number of carbonyl (C=O) groups excluding carboxylic acids is 2. The molecule has 2 aromatic heterocycles. The largest absolute Gasteiger partial charge is 0.501 e. The van der Waals surface area contributed by atoms with Crippen LogP contribution in [0.25, 0.3) is 0 Å². The van der Waals surface area contributed by atoms with Crippen molar-refractivity contribution in [1.82, 2.24) is 24.3 Å². The quantitative estimate of drug-likeness (QED) is 0.479. The van der Waals surface area contributed by atoms with E-state index in [1.54, 1.807) is 0 Å². The van der Waals surface area contributed by atoms with Gasteiger partial charge in [0.05, 0.1) is 16.7 Å². The van der Waals surface area contributed by atoms with Crippen molar-refractivity contribution >= 4 is 21.7 Å². The van der Waals surface area contributed by atoms with Crippen LogP contribution in [0.2, 0.25) is 0 Å². The van der Waals surface area contributed by atoms with Gasteiger partial charge in [0.15, 0.2) is 15.5 Å².